The van der Waals surface area contributed by atoms with Crippen LogP contribution in [-0.4, -0.2) is 24.0 Å². The van der Waals surface area contributed by atoms with Gasteiger partial charge in [0.05, 0.1) is 0 Å². The zero-order chi connectivity index (χ0) is 19.4. The first-order chi connectivity index (χ1) is 13.8. The van der Waals surface area contributed by atoms with Gasteiger partial charge in [-0.15, -0.1) is 0 Å². The first-order valence-electron chi connectivity index (χ1n) is 9.49. The summed E-state index contributed by atoms with van der Waals surface area (Å²) in [6.07, 6.45) is 3.45. The van der Waals surface area contributed by atoms with Crippen molar-refractivity contribution < 1.29 is 4.74 Å². The highest BCUT2D eigenvalue weighted by molar-refractivity contribution is 5.77. The molecular weight excluding hydrogens is 348 g/mol. The molecule has 0 amide bonds. The fourth-order valence-corrected chi connectivity index (χ4v) is 2.72. The normalized spacial score (nSPS) is 11.2. The molecule has 0 atom stereocenters. The summed E-state index contributed by atoms with van der Waals surface area (Å²) in [5.41, 5.74) is 9.33. The number of nitrogens with one attached hydrogen (secondary N) is 1. The highest BCUT2D eigenvalue weighted by atomic mass is 16.5. The molecule has 3 rings (SSSR count). The van der Waals surface area contributed by atoms with Crippen molar-refractivity contribution >= 4 is 5.96 Å². The molecule has 1 heterocycles. The van der Waals surface area contributed by atoms with Gasteiger partial charge in [0, 0.05) is 31.4 Å². The number of hydrogen-bond donors (Lipinski definition) is 2. The molecule has 0 bridgehead atoms. The second-order valence-corrected chi connectivity index (χ2v) is 6.43. The molecule has 3 N–H and O–H groups in total. The molecule has 2 aromatic carbocycles. The fourth-order valence-electron chi connectivity index (χ4n) is 2.72. The molecule has 0 unspecified atom stereocenters. The van der Waals surface area contributed by atoms with E-state index in [0.717, 1.165) is 36.4 Å². The lowest BCUT2D eigenvalue weighted by molar-refractivity contribution is 0.306. The third-order valence-corrected chi connectivity index (χ3v) is 4.27. The van der Waals surface area contributed by atoms with Crippen molar-refractivity contribution in [3.05, 3.63) is 95.8 Å². The van der Waals surface area contributed by atoms with Crippen molar-refractivity contribution in [2.24, 2.45) is 10.7 Å². The third-order valence-electron chi connectivity index (χ3n) is 4.27. The van der Waals surface area contributed by atoms with Crippen LogP contribution in [0.25, 0.3) is 0 Å². The van der Waals surface area contributed by atoms with Crippen LogP contribution < -0.4 is 15.8 Å². The van der Waals surface area contributed by atoms with Crippen LogP contribution in [0.5, 0.6) is 5.75 Å². The van der Waals surface area contributed by atoms with Crippen molar-refractivity contribution in [1.82, 2.24) is 10.3 Å². The molecule has 5 nitrogen and oxygen atoms in total. The lowest BCUT2D eigenvalue weighted by Crippen LogP contribution is -2.33. The summed E-state index contributed by atoms with van der Waals surface area (Å²) in [6.45, 7) is 1.94. The topological polar surface area (TPSA) is 72.5 Å². The van der Waals surface area contributed by atoms with Gasteiger partial charge >= 0.3 is 0 Å². The molecule has 0 radical (unpaired) electrons. The minimum Gasteiger partial charge on any atom is -0.489 e. The average molecular weight is 374 g/mol. The molecule has 5 heteroatoms. The molecule has 144 valence electrons. The van der Waals surface area contributed by atoms with E-state index in [1.54, 1.807) is 6.20 Å². The molecule has 1 aromatic heterocycles. The lowest BCUT2D eigenvalue weighted by atomic mass is 10.1. The highest BCUT2D eigenvalue weighted by Crippen LogP contribution is 2.14. The summed E-state index contributed by atoms with van der Waals surface area (Å²) in [4.78, 5) is 8.62. The molecule has 0 saturated carbocycles. The summed E-state index contributed by atoms with van der Waals surface area (Å²) in [6, 6.07) is 24.2. The Hall–Kier alpha value is -3.34. The maximum Gasteiger partial charge on any atom is 0.188 e. The minimum absolute atomic E-state index is 0.471. The van der Waals surface area contributed by atoms with Gasteiger partial charge in [-0.05, 0) is 41.8 Å². The molecule has 0 saturated heterocycles. The van der Waals surface area contributed by atoms with Crippen molar-refractivity contribution in [1.29, 1.82) is 0 Å². The second-order valence-electron chi connectivity index (χ2n) is 6.43. The number of ether oxygens (including phenoxy) is 1. The molecule has 0 aliphatic rings. The smallest absolute Gasteiger partial charge is 0.188 e. The van der Waals surface area contributed by atoms with E-state index < -0.39 is 0 Å². The molecule has 3 aromatic rings. The van der Waals surface area contributed by atoms with Crippen LogP contribution in [-0.2, 0) is 19.4 Å². The number of aliphatic imine (C=N–C) groups is 1. The largest absolute Gasteiger partial charge is 0.489 e. The summed E-state index contributed by atoms with van der Waals surface area (Å²) in [5, 5.41) is 3.15. The van der Waals surface area contributed by atoms with E-state index in [9.17, 15) is 0 Å². The van der Waals surface area contributed by atoms with Gasteiger partial charge in [-0.1, -0.05) is 48.5 Å². The summed E-state index contributed by atoms with van der Waals surface area (Å²) < 4.78 is 5.81. The first-order valence-corrected chi connectivity index (χ1v) is 9.49. The molecule has 0 aliphatic heterocycles. The number of nitrogens with two attached hydrogens (primary N) is 1. The van der Waals surface area contributed by atoms with E-state index in [1.807, 2.05) is 48.5 Å². The van der Waals surface area contributed by atoms with E-state index >= 15 is 0 Å². The maximum absolute atomic E-state index is 5.92. The van der Waals surface area contributed by atoms with Gasteiger partial charge in [0.2, 0.25) is 0 Å². The van der Waals surface area contributed by atoms with Crippen molar-refractivity contribution in [2.75, 3.05) is 13.1 Å². The molecule has 0 fully saturated rings. The van der Waals surface area contributed by atoms with Crippen LogP contribution in [0.15, 0.2) is 84.0 Å². The van der Waals surface area contributed by atoms with Crippen molar-refractivity contribution in [3.63, 3.8) is 0 Å². The Morgan fingerprint density at radius 2 is 1.68 bits per heavy atom. The van der Waals surface area contributed by atoms with Gasteiger partial charge in [0.1, 0.15) is 12.4 Å². The van der Waals surface area contributed by atoms with Gasteiger partial charge < -0.3 is 15.8 Å². The number of aromatic nitrogens is 1. The summed E-state index contributed by atoms with van der Waals surface area (Å²) in [7, 11) is 0. The monoisotopic (exact) mass is 374 g/mol. The van der Waals surface area contributed by atoms with Crippen molar-refractivity contribution in [2.45, 2.75) is 19.4 Å². The highest BCUT2D eigenvalue weighted by Gasteiger charge is 1.99. The standard InChI is InChI=1S/C23H26N4O/c24-23(27-17-14-21-8-4-5-15-25-21)26-16-13-19-9-11-22(12-10-19)28-18-20-6-2-1-3-7-20/h1-12,15H,13-14,16-18H2,(H3,24,26,27). The number of guanidine groups is 1. The zero-order valence-electron chi connectivity index (χ0n) is 15.9. The van der Waals surface area contributed by atoms with Crippen LogP contribution in [0.2, 0.25) is 0 Å². The summed E-state index contributed by atoms with van der Waals surface area (Å²) >= 11 is 0. The Morgan fingerprint density at radius 1 is 0.893 bits per heavy atom. The molecule has 0 spiro atoms. The fraction of sp³-hybridized carbons (Fsp3) is 0.217. The van der Waals surface area contributed by atoms with Crippen LogP contribution in [0.3, 0.4) is 0 Å². The Morgan fingerprint density at radius 3 is 2.43 bits per heavy atom. The first kappa shape index (κ1) is 19.4. The zero-order valence-corrected chi connectivity index (χ0v) is 15.9. The Bertz CT molecular complexity index is 849. The van der Waals surface area contributed by atoms with Crippen LogP contribution in [0.4, 0.5) is 0 Å². The molecule has 0 aliphatic carbocycles. The van der Waals surface area contributed by atoms with Crippen molar-refractivity contribution in [3.8, 4) is 5.75 Å². The number of nitrogens with zero attached hydrogens (tertiary/aromatic N) is 2. The number of hydrogen-bond acceptors (Lipinski definition) is 3. The van der Waals surface area contributed by atoms with Gasteiger partial charge in [0.25, 0.3) is 0 Å². The van der Waals surface area contributed by atoms with E-state index in [4.69, 9.17) is 10.5 Å². The SMILES string of the molecule is NC(=NCCc1ccccn1)NCCc1ccc(OCc2ccccc2)cc1. The Balaban J connectivity index is 1.35. The van der Waals surface area contributed by atoms with E-state index in [1.165, 1.54) is 5.56 Å². The van der Waals surface area contributed by atoms with Gasteiger partial charge in [0.15, 0.2) is 5.96 Å². The predicted molar refractivity (Wildman–Crippen MR) is 113 cm³/mol. The van der Waals surface area contributed by atoms with E-state index in [0.29, 0.717) is 19.1 Å². The molecular formula is C23H26N4O. The average Bonchev–Trinajstić information content (AvgIpc) is 2.75. The quantitative estimate of drug-likeness (QED) is 0.445. The third kappa shape index (κ3) is 6.76. The van der Waals surface area contributed by atoms with Crippen LogP contribution in [0.1, 0.15) is 16.8 Å². The lowest BCUT2D eigenvalue weighted by Gasteiger charge is -2.08. The summed E-state index contributed by atoms with van der Waals surface area (Å²) in [5.74, 6) is 1.34. The Kier molecular flexibility index (Phi) is 7.44. The number of pyridine rings is 1. The second kappa shape index (κ2) is 10.7. The van der Waals surface area contributed by atoms with Gasteiger partial charge in [-0.2, -0.15) is 0 Å². The van der Waals surface area contributed by atoms with Gasteiger partial charge in [-0.25, -0.2) is 0 Å². The van der Waals surface area contributed by atoms with Crippen LogP contribution >= 0.6 is 0 Å². The predicted octanol–water partition coefficient (Wildman–Crippen LogP) is 3.35. The number of rotatable bonds is 9. The van der Waals surface area contributed by atoms with E-state index in [-0.39, 0.29) is 0 Å². The maximum atomic E-state index is 5.92. The van der Waals surface area contributed by atoms with Crippen LogP contribution in [0, 0.1) is 0 Å². The molecule has 28 heavy (non-hydrogen) atoms. The Labute approximate surface area is 166 Å². The number of benzene rings is 2. The van der Waals surface area contributed by atoms with E-state index in [2.05, 4.69) is 39.6 Å². The minimum atomic E-state index is 0.471. The van der Waals surface area contributed by atoms with Gasteiger partial charge in [-0.3, -0.25) is 9.98 Å².